The van der Waals surface area contributed by atoms with Gasteiger partial charge in [-0.2, -0.15) is 5.26 Å². The average molecular weight is 358 g/mol. The van der Waals surface area contributed by atoms with E-state index in [2.05, 4.69) is 36.4 Å². The SMILES string of the molecule is CSc1cc(-c2ccccc2)c2sc(-c3ccccc3)nc2c1C#N. The van der Waals surface area contributed by atoms with Crippen LogP contribution in [-0.4, -0.2) is 11.2 Å². The number of fused-ring (bicyclic) bond motifs is 1. The zero-order valence-corrected chi connectivity index (χ0v) is 15.2. The van der Waals surface area contributed by atoms with Gasteiger partial charge in [0.05, 0.1) is 10.3 Å². The van der Waals surface area contributed by atoms with Crippen LogP contribution in [-0.2, 0) is 0 Å². The van der Waals surface area contributed by atoms with Crippen LogP contribution in [0.5, 0.6) is 0 Å². The molecule has 25 heavy (non-hydrogen) atoms. The van der Waals surface area contributed by atoms with Crippen molar-refractivity contribution >= 4 is 33.3 Å². The maximum Gasteiger partial charge on any atom is 0.124 e. The van der Waals surface area contributed by atoms with E-state index < -0.39 is 0 Å². The van der Waals surface area contributed by atoms with Crippen molar-refractivity contribution in [1.82, 2.24) is 4.98 Å². The molecule has 4 heteroatoms. The Morgan fingerprint density at radius 3 is 2.20 bits per heavy atom. The van der Waals surface area contributed by atoms with Gasteiger partial charge in [0.25, 0.3) is 0 Å². The highest BCUT2D eigenvalue weighted by Gasteiger charge is 2.18. The Labute approximate surface area is 154 Å². The van der Waals surface area contributed by atoms with E-state index in [0.29, 0.717) is 5.56 Å². The summed E-state index contributed by atoms with van der Waals surface area (Å²) in [5.41, 5.74) is 4.84. The van der Waals surface area contributed by atoms with E-state index in [1.54, 1.807) is 23.1 Å². The second-order valence-corrected chi connectivity index (χ2v) is 7.39. The summed E-state index contributed by atoms with van der Waals surface area (Å²) in [4.78, 5) is 5.80. The van der Waals surface area contributed by atoms with Crippen LogP contribution < -0.4 is 0 Å². The maximum atomic E-state index is 9.69. The van der Waals surface area contributed by atoms with E-state index in [1.807, 2.05) is 42.7 Å². The van der Waals surface area contributed by atoms with Gasteiger partial charge in [0.1, 0.15) is 16.6 Å². The van der Waals surface area contributed by atoms with Crippen LogP contribution in [0.4, 0.5) is 0 Å². The number of hydrogen-bond acceptors (Lipinski definition) is 4. The number of nitrogens with zero attached hydrogens (tertiary/aromatic N) is 2. The second-order valence-electron chi connectivity index (χ2n) is 5.54. The number of aromatic nitrogens is 1. The Kier molecular flexibility index (Phi) is 4.27. The van der Waals surface area contributed by atoms with Crippen LogP contribution in [0.2, 0.25) is 0 Å². The molecule has 4 aromatic rings. The fourth-order valence-electron chi connectivity index (χ4n) is 2.86. The van der Waals surface area contributed by atoms with Crippen LogP contribution in [0.15, 0.2) is 71.6 Å². The fraction of sp³-hybridized carbons (Fsp3) is 0.0476. The third-order valence-corrected chi connectivity index (χ3v) is 5.97. The van der Waals surface area contributed by atoms with Gasteiger partial charge in [0, 0.05) is 16.0 Å². The van der Waals surface area contributed by atoms with Crippen molar-refractivity contribution in [1.29, 1.82) is 5.26 Å². The van der Waals surface area contributed by atoms with E-state index in [1.165, 1.54) is 0 Å². The highest BCUT2D eigenvalue weighted by Crippen LogP contribution is 2.41. The number of nitriles is 1. The van der Waals surface area contributed by atoms with Gasteiger partial charge in [-0.05, 0) is 17.9 Å². The molecule has 4 rings (SSSR count). The number of benzene rings is 3. The molecule has 2 nitrogen and oxygen atoms in total. The van der Waals surface area contributed by atoms with Gasteiger partial charge < -0.3 is 0 Å². The molecule has 0 radical (unpaired) electrons. The lowest BCUT2D eigenvalue weighted by atomic mass is 10.0. The first-order valence-corrected chi connectivity index (χ1v) is 9.88. The van der Waals surface area contributed by atoms with Gasteiger partial charge in [-0.3, -0.25) is 0 Å². The Balaban J connectivity index is 2.06. The van der Waals surface area contributed by atoms with Gasteiger partial charge in [0.2, 0.25) is 0 Å². The number of hydrogen-bond donors (Lipinski definition) is 0. The molecule has 120 valence electrons. The molecule has 0 spiro atoms. The van der Waals surface area contributed by atoms with Crippen LogP contribution >= 0.6 is 23.1 Å². The molecule has 0 saturated carbocycles. The second kappa shape index (κ2) is 6.72. The van der Waals surface area contributed by atoms with Crippen LogP contribution in [0.1, 0.15) is 5.56 Å². The molecule has 1 heterocycles. The van der Waals surface area contributed by atoms with Gasteiger partial charge in [-0.1, -0.05) is 60.7 Å². The Hall–Kier alpha value is -2.61. The van der Waals surface area contributed by atoms with E-state index in [0.717, 1.165) is 36.8 Å². The first kappa shape index (κ1) is 15.9. The third kappa shape index (κ3) is 2.82. The third-order valence-electron chi connectivity index (χ3n) is 4.07. The summed E-state index contributed by atoms with van der Waals surface area (Å²) in [5, 5.41) is 10.6. The molecule has 0 amide bonds. The monoisotopic (exact) mass is 358 g/mol. The van der Waals surface area contributed by atoms with Crippen LogP contribution in [0.3, 0.4) is 0 Å². The number of rotatable bonds is 3. The predicted molar refractivity (Wildman–Crippen MR) is 107 cm³/mol. The quantitative estimate of drug-likeness (QED) is 0.408. The van der Waals surface area contributed by atoms with Crippen molar-refractivity contribution in [2.24, 2.45) is 0 Å². The molecular formula is C21H14N2S2. The van der Waals surface area contributed by atoms with Crippen molar-refractivity contribution in [2.75, 3.05) is 6.26 Å². The highest BCUT2D eigenvalue weighted by atomic mass is 32.2. The molecule has 0 aliphatic carbocycles. The van der Waals surface area contributed by atoms with Gasteiger partial charge in [-0.25, -0.2) is 4.98 Å². The minimum atomic E-state index is 0.667. The Bertz CT molecular complexity index is 1080. The lowest BCUT2D eigenvalue weighted by Crippen LogP contribution is -1.87. The highest BCUT2D eigenvalue weighted by molar-refractivity contribution is 7.98. The number of thioether (sulfide) groups is 1. The fourth-order valence-corrected chi connectivity index (χ4v) is 4.56. The van der Waals surface area contributed by atoms with Crippen LogP contribution in [0.25, 0.3) is 31.9 Å². The molecule has 0 saturated heterocycles. The topological polar surface area (TPSA) is 36.7 Å². The summed E-state index contributed by atoms with van der Waals surface area (Å²) in [6, 6.07) is 24.9. The van der Waals surface area contributed by atoms with Crippen molar-refractivity contribution in [2.45, 2.75) is 4.90 Å². The zero-order chi connectivity index (χ0) is 17.2. The number of thiazole rings is 1. The summed E-state index contributed by atoms with van der Waals surface area (Å²) >= 11 is 3.24. The molecule has 0 bridgehead atoms. The molecule has 3 aromatic carbocycles. The summed E-state index contributed by atoms with van der Waals surface area (Å²) in [6.45, 7) is 0. The lowest BCUT2D eigenvalue weighted by Gasteiger charge is -2.07. The van der Waals surface area contributed by atoms with Crippen molar-refractivity contribution < 1.29 is 0 Å². The normalized spacial score (nSPS) is 10.7. The molecule has 0 aliphatic heterocycles. The summed E-state index contributed by atoms with van der Waals surface area (Å²) < 4.78 is 1.07. The Morgan fingerprint density at radius 1 is 0.960 bits per heavy atom. The summed E-state index contributed by atoms with van der Waals surface area (Å²) in [5.74, 6) is 0. The molecular weight excluding hydrogens is 344 g/mol. The van der Waals surface area contributed by atoms with E-state index in [-0.39, 0.29) is 0 Å². The predicted octanol–water partition coefficient (Wildman–Crippen LogP) is 6.22. The van der Waals surface area contributed by atoms with E-state index >= 15 is 0 Å². The van der Waals surface area contributed by atoms with Gasteiger partial charge >= 0.3 is 0 Å². The zero-order valence-electron chi connectivity index (χ0n) is 13.6. The summed E-state index contributed by atoms with van der Waals surface area (Å²) in [6.07, 6.45) is 2.00. The standard InChI is InChI=1S/C21H14N2S2/c1-24-18-12-16(14-8-4-2-5-9-14)20-19(17(18)13-22)23-21(25-20)15-10-6-3-7-11-15/h2-12H,1H3. The molecule has 1 aromatic heterocycles. The van der Waals surface area contributed by atoms with Gasteiger partial charge in [-0.15, -0.1) is 23.1 Å². The van der Waals surface area contributed by atoms with E-state index in [4.69, 9.17) is 4.98 Å². The van der Waals surface area contributed by atoms with Crippen molar-refractivity contribution in [3.8, 4) is 27.8 Å². The first-order chi connectivity index (χ1) is 12.3. The van der Waals surface area contributed by atoms with Crippen LogP contribution in [0, 0.1) is 11.3 Å². The molecule has 0 fully saturated rings. The van der Waals surface area contributed by atoms with E-state index in [9.17, 15) is 5.26 Å². The Morgan fingerprint density at radius 2 is 1.60 bits per heavy atom. The minimum Gasteiger partial charge on any atom is -0.235 e. The molecule has 0 atom stereocenters. The minimum absolute atomic E-state index is 0.667. The first-order valence-electron chi connectivity index (χ1n) is 7.84. The average Bonchev–Trinajstić information content (AvgIpc) is 3.13. The van der Waals surface area contributed by atoms with Crippen molar-refractivity contribution in [3.05, 3.63) is 72.3 Å². The largest absolute Gasteiger partial charge is 0.235 e. The molecule has 0 unspecified atom stereocenters. The van der Waals surface area contributed by atoms with Gasteiger partial charge in [0.15, 0.2) is 0 Å². The molecule has 0 N–H and O–H groups in total. The summed E-state index contributed by atoms with van der Waals surface area (Å²) in [7, 11) is 0. The molecule has 0 aliphatic rings. The smallest absolute Gasteiger partial charge is 0.124 e. The van der Waals surface area contributed by atoms with Crippen molar-refractivity contribution in [3.63, 3.8) is 0 Å². The maximum absolute atomic E-state index is 9.69. The lowest BCUT2D eigenvalue weighted by molar-refractivity contribution is 1.37.